The minimum Gasteiger partial charge on any atom is -0.508 e. The summed E-state index contributed by atoms with van der Waals surface area (Å²) in [6, 6.07) is 6.15. The largest absolute Gasteiger partial charge is 0.508 e. The van der Waals surface area contributed by atoms with Crippen molar-refractivity contribution in [1.29, 1.82) is 0 Å². The third-order valence-corrected chi connectivity index (χ3v) is 2.85. The number of hydrogen-bond donors (Lipinski definition) is 3. The maximum atomic E-state index is 12.0. The summed E-state index contributed by atoms with van der Waals surface area (Å²) in [6.45, 7) is 0. The van der Waals surface area contributed by atoms with Gasteiger partial charge in [-0.25, -0.2) is 4.79 Å². The number of phenolic OH excluding ortho intramolecular Hbond substituents is 1. The summed E-state index contributed by atoms with van der Waals surface area (Å²) in [4.78, 5) is 34.6. The first-order valence-electron chi connectivity index (χ1n) is 5.93. The Morgan fingerprint density at radius 3 is 2.52 bits per heavy atom. The summed E-state index contributed by atoms with van der Waals surface area (Å²) in [5.74, 6) is -2.12. The van der Waals surface area contributed by atoms with Crippen LogP contribution < -0.4 is 10.9 Å². The number of carbonyl (C=O) groups is 2. The zero-order valence-electron chi connectivity index (χ0n) is 11.0. The fourth-order valence-electron chi connectivity index (χ4n) is 1.70. The van der Waals surface area contributed by atoms with E-state index >= 15 is 0 Å². The summed E-state index contributed by atoms with van der Waals surface area (Å²) in [6.07, 6.45) is 1.44. The molecule has 0 radical (unpaired) electrons. The van der Waals surface area contributed by atoms with Gasteiger partial charge in [-0.3, -0.25) is 9.59 Å². The van der Waals surface area contributed by atoms with Crippen LogP contribution in [0.3, 0.4) is 0 Å². The predicted octanol–water partition coefficient (Wildman–Crippen LogP) is 1.04. The number of benzene rings is 1. The number of aromatic carboxylic acids is 1. The number of carboxylic acids is 1. The summed E-state index contributed by atoms with van der Waals surface area (Å²) >= 11 is 0. The number of nitrogens with one attached hydrogen (secondary N) is 1. The summed E-state index contributed by atoms with van der Waals surface area (Å²) in [5, 5.41) is 20.7. The van der Waals surface area contributed by atoms with E-state index in [2.05, 4.69) is 5.32 Å². The van der Waals surface area contributed by atoms with Gasteiger partial charge in [0.25, 0.3) is 11.5 Å². The standard InChI is InChI=1S/C14H12N2O5/c1-16-5-4-8(6-12(16)18)13(19)15-11-3-2-9(17)7-10(11)14(20)21/h2-7,17H,1H3,(H,15,19)(H,20,21). The number of pyridine rings is 1. The maximum absolute atomic E-state index is 12.0. The summed E-state index contributed by atoms with van der Waals surface area (Å²) in [7, 11) is 1.55. The van der Waals surface area contributed by atoms with Gasteiger partial charge in [-0.2, -0.15) is 0 Å². The number of hydrogen-bond acceptors (Lipinski definition) is 4. The molecule has 2 aromatic rings. The van der Waals surface area contributed by atoms with Gasteiger partial charge >= 0.3 is 5.97 Å². The van der Waals surface area contributed by atoms with E-state index in [0.717, 1.165) is 12.1 Å². The average Bonchev–Trinajstić information content (AvgIpc) is 2.43. The van der Waals surface area contributed by atoms with Gasteiger partial charge in [0.1, 0.15) is 5.75 Å². The highest BCUT2D eigenvalue weighted by Gasteiger charge is 2.14. The molecule has 0 unspecified atom stereocenters. The summed E-state index contributed by atoms with van der Waals surface area (Å²) < 4.78 is 1.31. The molecule has 0 aliphatic carbocycles. The van der Waals surface area contributed by atoms with Gasteiger partial charge in [0, 0.05) is 24.9 Å². The third-order valence-electron chi connectivity index (χ3n) is 2.85. The Balaban J connectivity index is 2.33. The molecule has 1 aromatic heterocycles. The van der Waals surface area contributed by atoms with Gasteiger partial charge in [-0.1, -0.05) is 0 Å². The van der Waals surface area contributed by atoms with E-state index in [1.807, 2.05) is 0 Å². The van der Waals surface area contributed by atoms with E-state index in [0.29, 0.717) is 0 Å². The highest BCUT2D eigenvalue weighted by molar-refractivity contribution is 6.07. The number of rotatable bonds is 3. The van der Waals surface area contributed by atoms with E-state index in [9.17, 15) is 19.5 Å². The minimum absolute atomic E-state index is 0.0333. The van der Waals surface area contributed by atoms with Crippen LogP contribution in [0.2, 0.25) is 0 Å². The Morgan fingerprint density at radius 1 is 1.19 bits per heavy atom. The van der Waals surface area contributed by atoms with Crippen LogP contribution in [0.25, 0.3) is 0 Å². The van der Waals surface area contributed by atoms with Gasteiger partial charge in [-0.15, -0.1) is 0 Å². The molecule has 0 aliphatic heterocycles. The van der Waals surface area contributed by atoms with Gasteiger partial charge in [0.15, 0.2) is 0 Å². The second kappa shape index (κ2) is 5.49. The molecule has 1 amide bonds. The highest BCUT2D eigenvalue weighted by atomic mass is 16.4. The molecule has 7 nitrogen and oxygen atoms in total. The molecule has 21 heavy (non-hydrogen) atoms. The molecule has 1 heterocycles. The van der Waals surface area contributed by atoms with E-state index in [4.69, 9.17) is 5.11 Å². The zero-order chi connectivity index (χ0) is 15.6. The SMILES string of the molecule is Cn1ccc(C(=O)Nc2ccc(O)cc2C(=O)O)cc1=O. The molecule has 0 spiro atoms. The van der Waals surface area contributed by atoms with Gasteiger partial charge in [0.2, 0.25) is 0 Å². The van der Waals surface area contributed by atoms with Crippen LogP contribution >= 0.6 is 0 Å². The number of nitrogens with zero attached hydrogens (tertiary/aromatic N) is 1. The molecular weight excluding hydrogens is 276 g/mol. The molecule has 0 saturated carbocycles. The van der Waals surface area contributed by atoms with Crippen LogP contribution in [0, 0.1) is 0 Å². The maximum Gasteiger partial charge on any atom is 0.337 e. The molecule has 0 atom stereocenters. The van der Waals surface area contributed by atoms with E-state index in [-0.39, 0.29) is 28.1 Å². The number of phenols is 1. The number of aromatic hydroxyl groups is 1. The lowest BCUT2D eigenvalue weighted by Crippen LogP contribution is -2.20. The van der Waals surface area contributed by atoms with Crippen molar-refractivity contribution in [2.24, 2.45) is 7.05 Å². The van der Waals surface area contributed by atoms with Crippen molar-refractivity contribution < 1.29 is 19.8 Å². The molecule has 0 aliphatic rings. The monoisotopic (exact) mass is 288 g/mol. The van der Waals surface area contributed by atoms with E-state index in [1.54, 1.807) is 7.05 Å². The zero-order valence-corrected chi connectivity index (χ0v) is 11.0. The van der Waals surface area contributed by atoms with Crippen LogP contribution in [0.1, 0.15) is 20.7 Å². The molecule has 0 saturated heterocycles. The summed E-state index contributed by atoms with van der Waals surface area (Å²) in [5.41, 5.74) is -0.451. The first kappa shape index (κ1) is 14.3. The Bertz CT molecular complexity index is 779. The number of anilines is 1. The van der Waals surface area contributed by atoms with Crippen LogP contribution in [0.15, 0.2) is 41.3 Å². The minimum atomic E-state index is -1.29. The first-order chi connectivity index (χ1) is 9.88. The second-order valence-corrected chi connectivity index (χ2v) is 4.35. The number of carboxylic acid groups (broad SMARTS) is 1. The molecule has 0 bridgehead atoms. The van der Waals surface area contributed by atoms with Crippen molar-refractivity contribution in [3.63, 3.8) is 0 Å². The van der Waals surface area contributed by atoms with Crippen molar-refractivity contribution in [2.45, 2.75) is 0 Å². The topological polar surface area (TPSA) is 109 Å². The van der Waals surface area contributed by atoms with Crippen LogP contribution in [-0.2, 0) is 7.05 Å². The number of aromatic nitrogens is 1. The molecule has 3 N–H and O–H groups in total. The number of aryl methyl sites for hydroxylation is 1. The smallest absolute Gasteiger partial charge is 0.337 e. The Hall–Kier alpha value is -3.09. The fraction of sp³-hybridized carbons (Fsp3) is 0.0714. The third kappa shape index (κ3) is 3.08. The first-order valence-corrected chi connectivity index (χ1v) is 5.93. The molecule has 108 valence electrons. The number of carbonyl (C=O) groups excluding carboxylic acids is 1. The lowest BCUT2D eigenvalue weighted by atomic mass is 10.1. The Morgan fingerprint density at radius 2 is 1.90 bits per heavy atom. The quantitative estimate of drug-likeness (QED) is 0.731. The average molecular weight is 288 g/mol. The van der Waals surface area contributed by atoms with Crippen molar-refractivity contribution >= 4 is 17.6 Å². The van der Waals surface area contributed by atoms with Crippen LogP contribution in [0.4, 0.5) is 5.69 Å². The van der Waals surface area contributed by atoms with E-state index < -0.39 is 11.9 Å². The lowest BCUT2D eigenvalue weighted by molar-refractivity contribution is 0.0697. The molecule has 2 rings (SSSR count). The lowest BCUT2D eigenvalue weighted by Gasteiger charge is -2.09. The van der Waals surface area contributed by atoms with E-state index in [1.165, 1.54) is 29.0 Å². The molecule has 1 aromatic carbocycles. The normalized spacial score (nSPS) is 10.1. The molecule has 7 heteroatoms. The molecule has 0 fully saturated rings. The highest BCUT2D eigenvalue weighted by Crippen LogP contribution is 2.21. The fourth-order valence-corrected chi connectivity index (χ4v) is 1.70. The van der Waals surface area contributed by atoms with Gasteiger partial charge in [0.05, 0.1) is 11.3 Å². The second-order valence-electron chi connectivity index (χ2n) is 4.35. The Kier molecular flexibility index (Phi) is 3.75. The van der Waals surface area contributed by atoms with Crippen molar-refractivity contribution in [2.75, 3.05) is 5.32 Å². The van der Waals surface area contributed by atoms with Crippen molar-refractivity contribution in [3.05, 3.63) is 58.0 Å². The van der Waals surface area contributed by atoms with Crippen LogP contribution in [-0.4, -0.2) is 26.7 Å². The van der Waals surface area contributed by atoms with Crippen molar-refractivity contribution in [1.82, 2.24) is 4.57 Å². The van der Waals surface area contributed by atoms with Crippen molar-refractivity contribution in [3.8, 4) is 5.75 Å². The number of amides is 1. The van der Waals surface area contributed by atoms with Gasteiger partial charge in [-0.05, 0) is 24.3 Å². The molecular formula is C14H12N2O5. The van der Waals surface area contributed by atoms with Crippen LogP contribution in [0.5, 0.6) is 5.75 Å². The van der Waals surface area contributed by atoms with Gasteiger partial charge < -0.3 is 20.1 Å². The predicted molar refractivity (Wildman–Crippen MR) is 74.7 cm³/mol. The Labute approximate surface area is 119 Å².